The summed E-state index contributed by atoms with van der Waals surface area (Å²) in [7, 11) is 0. The van der Waals surface area contributed by atoms with Gasteiger partial charge in [-0.15, -0.1) is 22.7 Å². The zero-order chi connectivity index (χ0) is 21.5. The number of carboxylic acid groups (broad SMARTS) is 1. The Balaban J connectivity index is 1.53. The van der Waals surface area contributed by atoms with Crippen molar-refractivity contribution >= 4 is 62.6 Å². The molecule has 3 heterocycles. The van der Waals surface area contributed by atoms with Crippen LogP contribution in [0.5, 0.6) is 0 Å². The van der Waals surface area contributed by atoms with Crippen LogP contribution in [0.3, 0.4) is 0 Å². The van der Waals surface area contributed by atoms with Gasteiger partial charge in [0.15, 0.2) is 0 Å². The van der Waals surface area contributed by atoms with Crippen LogP contribution in [0.15, 0.2) is 60.7 Å². The summed E-state index contributed by atoms with van der Waals surface area (Å²) in [6.45, 7) is 5.26. The highest BCUT2D eigenvalue weighted by atomic mass is 32.1. The van der Waals surface area contributed by atoms with Crippen molar-refractivity contribution in [1.82, 2.24) is 4.57 Å². The first-order valence-electron chi connectivity index (χ1n) is 10.2. The van der Waals surface area contributed by atoms with Crippen molar-refractivity contribution in [3.05, 3.63) is 80.9 Å². The van der Waals surface area contributed by atoms with Crippen LogP contribution in [0, 0.1) is 6.92 Å². The van der Waals surface area contributed by atoms with Gasteiger partial charge in [-0.3, -0.25) is 0 Å². The van der Waals surface area contributed by atoms with Crippen molar-refractivity contribution in [2.75, 3.05) is 0 Å². The highest BCUT2D eigenvalue weighted by Crippen LogP contribution is 2.37. The van der Waals surface area contributed by atoms with E-state index < -0.39 is 5.97 Å². The number of para-hydroxylation sites is 1. The summed E-state index contributed by atoms with van der Waals surface area (Å²) in [5, 5.41) is 11.7. The van der Waals surface area contributed by atoms with E-state index in [0.717, 1.165) is 11.4 Å². The summed E-state index contributed by atoms with van der Waals surface area (Å²) in [5.74, 6) is -0.876. The summed E-state index contributed by atoms with van der Waals surface area (Å²) in [5.41, 5.74) is 5.00. The second-order valence-electron chi connectivity index (χ2n) is 7.49. The lowest BCUT2D eigenvalue weighted by Gasteiger charge is -2.03. The van der Waals surface area contributed by atoms with Crippen molar-refractivity contribution in [2.45, 2.75) is 20.4 Å². The van der Waals surface area contributed by atoms with Crippen LogP contribution in [-0.4, -0.2) is 15.6 Å². The molecular weight excluding hydrogens is 422 g/mol. The molecule has 0 atom stereocenters. The van der Waals surface area contributed by atoms with E-state index in [-0.39, 0.29) is 0 Å². The monoisotopic (exact) mass is 443 g/mol. The van der Waals surface area contributed by atoms with E-state index in [2.05, 4.69) is 73.0 Å². The number of hydrogen-bond donors (Lipinski definition) is 1. The number of hydrogen-bond acceptors (Lipinski definition) is 3. The highest BCUT2D eigenvalue weighted by molar-refractivity contribution is 7.17. The van der Waals surface area contributed by atoms with Crippen LogP contribution < -0.4 is 0 Å². The topological polar surface area (TPSA) is 42.2 Å². The number of carbonyl (C=O) groups is 1. The molecule has 0 spiro atoms. The molecule has 0 unspecified atom stereocenters. The highest BCUT2D eigenvalue weighted by Gasteiger charge is 2.12. The number of nitrogens with zero attached hydrogens (tertiary/aromatic N) is 1. The molecule has 0 saturated heterocycles. The first-order chi connectivity index (χ1) is 15.0. The van der Waals surface area contributed by atoms with Crippen molar-refractivity contribution < 1.29 is 9.90 Å². The molecule has 5 heteroatoms. The third-order valence-corrected chi connectivity index (χ3v) is 7.86. The quantitative estimate of drug-likeness (QED) is 0.301. The van der Waals surface area contributed by atoms with Gasteiger partial charge in [0.05, 0.1) is 0 Å². The van der Waals surface area contributed by atoms with Gasteiger partial charge in [0.1, 0.15) is 4.88 Å². The lowest BCUT2D eigenvalue weighted by molar-refractivity contribution is 0.0702. The van der Waals surface area contributed by atoms with Gasteiger partial charge < -0.3 is 9.67 Å². The van der Waals surface area contributed by atoms with Crippen molar-refractivity contribution in [3.63, 3.8) is 0 Å². The zero-order valence-electron chi connectivity index (χ0n) is 17.3. The molecule has 5 aromatic rings. The normalized spacial score (nSPS) is 11.8. The molecule has 2 aromatic carbocycles. The first kappa shape index (κ1) is 19.8. The summed E-state index contributed by atoms with van der Waals surface area (Å²) in [6.07, 6.45) is 4.08. The maximum Gasteiger partial charge on any atom is 0.345 e. The number of thiophene rings is 2. The third-order valence-electron chi connectivity index (χ3n) is 5.57. The van der Waals surface area contributed by atoms with Gasteiger partial charge in [0.25, 0.3) is 0 Å². The number of carboxylic acids is 1. The Morgan fingerprint density at radius 3 is 2.55 bits per heavy atom. The molecule has 0 aliphatic heterocycles. The number of benzene rings is 2. The molecule has 0 radical (unpaired) electrons. The van der Waals surface area contributed by atoms with Crippen molar-refractivity contribution in [3.8, 4) is 10.4 Å². The molecule has 0 saturated carbocycles. The van der Waals surface area contributed by atoms with Crippen LogP contribution in [-0.2, 0) is 6.54 Å². The molecule has 5 rings (SSSR count). The zero-order valence-corrected chi connectivity index (χ0v) is 18.9. The minimum Gasteiger partial charge on any atom is -0.477 e. The van der Waals surface area contributed by atoms with Gasteiger partial charge in [0.2, 0.25) is 0 Å². The summed E-state index contributed by atoms with van der Waals surface area (Å²) < 4.78 is 2.37. The molecule has 0 aliphatic carbocycles. The summed E-state index contributed by atoms with van der Waals surface area (Å²) in [6, 6.07) is 21.1. The second kappa shape index (κ2) is 7.84. The predicted molar refractivity (Wildman–Crippen MR) is 133 cm³/mol. The van der Waals surface area contributed by atoms with Gasteiger partial charge in [-0.25, -0.2) is 4.79 Å². The fourth-order valence-electron chi connectivity index (χ4n) is 4.07. The van der Waals surface area contributed by atoms with E-state index in [1.54, 1.807) is 17.4 Å². The van der Waals surface area contributed by atoms with Gasteiger partial charge in [-0.1, -0.05) is 24.3 Å². The molecule has 154 valence electrons. The van der Waals surface area contributed by atoms with E-state index in [9.17, 15) is 4.79 Å². The average Bonchev–Trinajstić information content (AvgIpc) is 3.47. The maximum atomic E-state index is 11.1. The smallest absolute Gasteiger partial charge is 0.345 e. The van der Waals surface area contributed by atoms with E-state index >= 15 is 0 Å². The molecule has 0 bridgehead atoms. The molecule has 3 aromatic heterocycles. The number of aryl methyl sites for hydroxylation is 2. The molecule has 1 N–H and O–H groups in total. The fourth-order valence-corrected chi connectivity index (χ4v) is 5.89. The first-order valence-corrected chi connectivity index (χ1v) is 11.8. The number of aromatic nitrogens is 1. The van der Waals surface area contributed by atoms with Crippen molar-refractivity contribution in [1.29, 1.82) is 0 Å². The third kappa shape index (κ3) is 3.50. The number of aromatic carboxylic acids is 1. The van der Waals surface area contributed by atoms with Gasteiger partial charge >= 0.3 is 5.97 Å². The molecule has 0 aliphatic rings. The fraction of sp³-hybridized carbons (Fsp3) is 0.115. The molecule has 0 amide bonds. The van der Waals surface area contributed by atoms with E-state index in [0.29, 0.717) is 4.88 Å². The number of fused-ring (bicyclic) bond motifs is 3. The Labute approximate surface area is 188 Å². The van der Waals surface area contributed by atoms with E-state index in [1.165, 1.54) is 54.0 Å². The number of rotatable bonds is 5. The van der Waals surface area contributed by atoms with Crippen LogP contribution in [0.1, 0.15) is 31.9 Å². The van der Waals surface area contributed by atoms with Gasteiger partial charge in [-0.2, -0.15) is 0 Å². The molecule has 0 fully saturated rings. The predicted octanol–water partition coefficient (Wildman–Crippen LogP) is 7.78. The van der Waals surface area contributed by atoms with Crippen LogP contribution in [0.2, 0.25) is 0 Å². The van der Waals surface area contributed by atoms with Crippen molar-refractivity contribution in [2.24, 2.45) is 0 Å². The maximum absolute atomic E-state index is 11.1. The minimum absolute atomic E-state index is 0.364. The van der Waals surface area contributed by atoms with Crippen LogP contribution >= 0.6 is 22.7 Å². The van der Waals surface area contributed by atoms with Crippen LogP contribution in [0.4, 0.5) is 0 Å². The minimum atomic E-state index is -0.876. The largest absolute Gasteiger partial charge is 0.477 e. The lowest BCUT2D eigenvalue weighted by Crippen LogP contribution is -1.92. The Bertz CT molecular complexity index is 1470. The average molecular weight is 444 g/mol. The lowest BCUT2D eigenvalue weighted by atomic mass is 10.1. The summed E-state index contributed by atoms with van der Waals surface area (Å²) >= 11 is 3.06. The van der Waals surface area contributed by atoms with Gasteiger partial charge in [0, 0.05) is 43.0 Å². The molecule has 31 heavy (non-hydrogen) atoms. The Kier molecular flexibility index (Phi) is 5.00. The molecular formula is C26H21NO2S2. The van der Waals surface area contributed by atoms with Gasteiger partial charge in [-0.05, 0) is 73.5 Å². The SMILES string of the molecule is CCn1c2ccccc2c2cc(-c3cc(C)c(/C=C/c4ccc(C(=O)O)s4)s3)ccc21. The Morgan fingerprint density at radius 2 is 1.77 bits per heavy atom. The van der Waals surface area contributed by atoms with E-state index in [4.69, 9.17) is 5.11 Å². The second-order valence-corrected chi connectivity index (χ2v) is 9.69. The van der Waals surface area contributed by atoms with E-state index in [1.807, 2.05) is 12.1 Å². The summed E-state index contributed by atoms with van der Waals surface area (Å²) in [4.78, 5) is 14.8. The Morgan fingerprint density at radius 1 is 0.968 bits per heavy atom. The Hall–Kier alpha value is -3.15. The van der Waals surface area contributed by atoms with Crippen LogP contribution in [0.25, 0.3) is 44.4 Å². The molecule has 3 nitrogen and oxygen atoms in total. The standard InChI is InChI=1S/C26H21NO2S2/c1-3-27-21-7-5-4-6-19(21)20-15-17(8-11-22(20)27)25-14-16(2)23(31-25)12-9-18-10-13-24(30-18)26(28)29/h4-15H,3H2,1-2H3,(H,28,29)/b12-9+.